The molecular weight excluding hydrogens is 404 g/mol. The number of nitriles is 1. The normalized spacial score (nSPS) is 16.7. The summed E-state index contributed by atoms with van der Waals surface area (Å²) < 4.78 is 10.4. The highest BCUT2D eigenvalue weighted by molar-refractivity contribution is 6.30. The van der Waals surface area contributed by atoms with Gasteiger partial charge in [-0.3, -0.25) is 0 Å². The molecule has 0 amide bonds. The third-order valence-electron chi connectivity index (χ3n) is 4.63. The largest absolute Gasteiger partial charge is 0.480 e. The summed E-state index contributed by atoms with van der Waals surface area (Å²) in [5.74, 6) is 6.90. The molecule has 1 saturated carbocycles. The molecule has 0 aromatic carbocycles. The molecule has 0 radical (unpaired) electrons. The van der Waals surface area contributed by atoms with Crippen LogP contribution in [0.15, 0.2) is 30.6 Å². The molecule has 148 valence electrons. The Morgan fingerprint density at radius 2 is 2.00 bits per heavy atom. The topological polar surface area (TPSA) is 107 Å². The maximum atomic E-state index is 8.84. The molecule has 2 atom stereocenters. The Balaban J connectivity index is 1.57. The zero-order chi connectivity index (χ0) is 21.1. The van der Waals surface area contributed by atoms with Gasteiger partial charge in [0.25, 0.3) is 0 Å². The first-order valence-electron chi connectivity index (χ1n) is 8.99. The van der Waals surface area contributed by atoms with E-state index in [1.807, 2.05) is 12.1 Å². The SMILES string of the molecule is COc1ncc(-c2cc([C@H]3C[C@@H]3C#Cc3ccc(C#N)cn3)c(Cl)nn2)c(OC)n1. The van der Waals surface area contributed by atoms with Crippen molar-refractivity contribution in [3.63, 3.8) is 0 Å². The highest BCUT2D eigenvalue weighted by Gasteiger charge is 2.39. The molecule has 8 nitrogen and oxygen atoms in total. The fourth-order valence-electron chi connectivity index (χ4n) is 2.96. The number of halogens is 1. The molecule has 0 N–H and O–H groups in total. The number of pyridine rings is 1. The van der Waals surface area contributed by atoms with Gasteiger partial charge in [-0.25, -0.2) is 9.97 Å². The van der Waals surface area contributed by atoms with Crippen LogP contribution in [0.1, 0.15) is 29.2 Å². The molecule has 9 heteroatoms. The van der Waals surface area contributed by atoms with Crippen LogP contribution in [0.4, 0.5) is 0 Å². The lowest BCUT2D eigenvalue weighted by molar-refractivity contribution is 0.353. The summed E-state index contributed by atoms with van der Waals surface area (Å²) in [6.07, 6.45) is 3.95. The predicted octanol–water partition coefficient (Wildman–Crippen LogP) is 3.03. The van der Waals surface area contributed by atoms with Gasteiger partial charge in [0, 0.05) is 24.2 Å². The van der Waals surface area contributed by atoms with Crippen LogP contribution in [-0.2, 0) is 0 Å². The number of nitrogens with zero attached hydrogens (tertiary/aromatic N) is 6. The molecule has 0 unspecified atom stereocenters. The molecule has 4 rings (SSSR count). The molecule has 0 saturated heterocycles. The van der Waals surface area contributed by atoms with Crippen LogP contribution < -0.4 is 9.47 Å². The molecule has 1 fully saturated rings. The zero-order valence-electron chi connectivity index (χ0n) is 16.1. The number of hydrogen-bond donors (Lipinski definition) is 0. The van der Waals surface area contributed by atoms with Crippen molar-refractivity contribution in [3.8, 4) is 41.1 Å². The Kier molecular flexibility index (Phi) is 5.42. The van der Waals surface area contributed by atoms with Crippen LogP contribution in [0.5, 0.6) is 11.9 Å². The van der Waals surface area contributed by atoms with Crippen molar-refractivity contribution >= 4 is 11.6 Å². The Morgan fingerprint density at radius 3 is 2.70 bits per heavy atom. The van der Waals surface area contributed by atoms with E-state index in [0.717, 1.165) is 12.0 Å². The van der Waals surface area contributed by atoms with Gasteiger partial charge in [0.05, 0.1) is 25.3 Å². The minimum absolute atomic E-state index is 0.144. The van der Waals surface area contributed by atoms with E-state index in [1.54, 1.807) is 18.3 Å². The number of ether oxygens (including phenoxy) is 2. The summed E-state index contributed by atoms with van der Waals surface area (Å²) in [7, 11) is 3.00. The van der Waals surface area contributed by atoms with Crippen molar-refractivity contribution in [2.45, 2.75) is 12.3 Å². The summed E-state index contributed by atoms with van der Waals surface area (Å²) in [6, 6.07) is 7.54. The van der Waals surface area contributed by atoms with Crippen molar-refractivity contribution < 1.29 is 9.47 Å². The van der Waals surface area contributed by atoms with E-state index < -0.39 is 0 Å². The van der Waals surface area contributed by atoms with Crippen LogP contribution in [0, 0.1) is 29.1 Å². The first-order valence-corrected chi connectivity index (χ1v) is 9.37. The van der Waals surface area contributed by atoms with Crippen molar-refractivity contribution in [1.82, 2.24) is 25.1 Å². The Hall–Kier alpha value is -3.75. The number of hydrogen-bond acceptors (Lipinski definition) is 8. The Bertz CT molecular complexity index is 1200. The lowest BCUT2D eigenvalue weighted by atomic mass is 10.1. The van der Waals surface area contributed by atoms with Gasteiger partial charge in [0.15, 0.2) is 5.15 Å². The van der Waals surface area contributed by atoms with Crippen molar-refractivity contribution in [2.24, 2.45) is 5.92 Å². The number of rotatable bonds is 4. The van der Waals surface area contributed by atoms with E-state index in [-0.39, 0.29) is 17.8 Å². The highest BCUT2D eigenvalue weighted by atomic mass is 35.5. The van der Waals surface area contributed by atoms with Gasteiger partial charge in [-0.05, 0) is 36.1 Å². The molecule has 3 heterocycles. The minimum atomic E-state index is 0.144. The van der Waals surface area contributed by atoms with E-state index in [1.165, 1.54) is 20.4 Å². The van der Waals surface area contributed by atoms with Crippen molar-refractivity contribution in [1.29, 1.82) is 5.26 Å². The lowest BCUT2D eigenvalue weighted by Gasteiger charge is -2.09. The lowest BCUT2D eigenvalue weighted by Crippen LogP contribution is -2.00. The molecule has 3 aromatic rings. The van der Waals surface area contributed by atoms with Crippen molar-refractivity contribution in [2.75, 3.05) is 14.2 Å². The summed E-state index contributed by atoms with van der Waals surface area (Å²) in [4.78, 5) is 12.5. The number of methoxy groups -OCH3 is 2. The molecule has 30 heavy (non-hydrogen) atoms. The Morgan fingerprint density at radius 1 is 1.13 bits per heavy atom. The standard InChI is InChI=1S/C21H15ClN6O2/c1-29-20-17(11-25-21(26-20)30-2)18-8-16(19(22)28-27-18)15-7-13(15)4-6-14-5-3-12(9-23)10-24-14/h3,5,8,10-11,13,15H,7H2,1-2H3/t13-,15-/m0/s1. The maximum Gasteiger partial charge on any atom is 0.319 e. The van der Waals surface area contributed by atoms with Gasteiger partial charge in [-0.1, -0.05) is 17.5 Å². The average Bonchev–Trinajstić information content (AvgIpc) is 3.57. The van der Waals surface area contributed by atoms with Gasteiger partial charge in [0.2, 0.25) is 5.88 Å². The monoisotopic (exact) mass is 418 g/mol. The summed E-state index contributed by atoms with van der Waals surface area (Å²) in [6.45, 7) is 0. The first-order chi connectivity index (χ1) is 14.6. The van der Waals surface area contributed by atoms with Gasteiger partial charge in [-0.2, -0.15) is 10.2 Å². The fourth-order valence-corrected chi connectivity index (χ4v) is 3.19. The third-order valence-corrected chi connectivity index (χ3v) is 4.92. The van der Waals surface area contributed by atoms with E-state index in [9.17, 15) is 0 Å². The molecular formula is C21H15ClN6O2. The zero-order valence-corrected chi connectivity index (χ0v) is 16.9. The highest BCUT2D eigenvalue weighted by Crippen LogP contribution is 2.49. The summed E-state index contributed by atoms with van der Waals surface area (Å²) >= 11 is 6.31. The molecule has 1 aliphatic carbocycles. The van der Waals surface area contributed by atoms with Gasteiger partial charge >= 0.3 is 6.01 Å². The Labute approximate surface area is 177 Å². The van der Waals surface area contributed by atoms with Crippen LogP contribution >= 0.6 is 11.6 Å². The minimum Gasteiger partial charge on any atom is -0.480 e. The van der Waals surface area contributed by atoms with Gasteiger partial charge < -0.3 is 9.47 Å². The van der Waals surface area contributed by atoms with Crippen molar-refractivity contribution in [3.05, 3.63) is 52.6 Å². The van der Waals surface area contributed by atoms with Crippen LogP contribution in [0.2, 0.25) is 5.15 Å². The summed E-state index contributed by atoms with van der Waals surface area (Å²) in [5, 5.41) is 17.4. The second-order valence-corrected chi connectivity index (χ2v) is 6.88. The molecule has 1 aliphatic rings. The van der Waals surface area contributed by atoms with Gasteiger partial charge in [0.1, 0.15) is 17.5 Å². The summed E-state index contributed by atoms with van der Waals surface area (Å²) in [5.41, 5.74) is 3.14. The van der Waals surface area contributed by atoms with Gasteiger partial charge in [-0.15, -0.1) is 10.2 Å². The average molecular weight is 419 g/mol. The first kappa shape index (κ1) is 19.6. The van der Waals surface area contributed by atoms with E-state index >= 15 is 0 Å². The quantitative estimate of drug-likeness (QED) is 0.595. The van der Waals surface area contributed by atoms with E-state index in [4.69, 9.17) is 26.3 Å². The molecule has 0 spiro atoms. The maximum absolute atomic E-state index is 8.84. The van der Waals surface area contributed by atoms with Crippen LogP contribution in [-0.4, -0.2) is 39.4 Å². The number of aromatic nitrogens is 5. The van der Waals surface area contributed by atoms with Crippen LogP contribution in [0.3, 0.4) is 0 Å². The fraction of sp³-hybridized carbons (Fsp3) is 0.238. The van der Waals surface area contributed by atoms with E-state index in [2.05, 4.69) is 37.0 Å². The van der Waals surface area contributed by atoms with Crippen LogP contribution in [0.25, 0.3) is 11.3 Å². The predicted molar refractivity (Wildman–Crippen MR) is 108 cm³/mol. The molecule has 0 bridgehead atoms. The second kappa shape index (κ2) is 8.32. The smallest absolute Gasteiger partial charge is 0.319 e. The molecule has 3 aromatic heterocycles. The van der Waals surface area contributed by atoms with E-state index in [0.29, 0.717) is 33.5 Å². The second-order valence-electron chi connectivity index (χ2n) is 6.52. The third kappa shape index (κ3) is 4.00. The molecule has 0 aliphatic heterocycles.